The summed E-state index contributed by atoms with van der Waals surface area (Å²) in [6.45, 7) is 4.02. The predicted octanol–water partition coefficient (Wildman–Crippen LogP) is 2.83. The number of amides is 2. The molecule has 11 heteroatoms. The number of halogens is 4. The number of aromatic nitrogens is 2. The van der Waals surface area contributed by atoms with Crippen molar-refractivity contribution >= 4 is 23.4 Å². The molecule has 168 valence electrons. The first kappa shape index (κ1) is 23.1. The summed E-state index contributed by atoms with van der Waals surface area (Å²) >= 11 is 5.91. The molecule has 0 atom stereocenters. The summed E-state index contributed by atoms with van der Waals surface area (Å²) in [7, 11) is 0. The van der Waals surface area contributed by atoms with Gasteiger partial charge in [-0.3, -0.25) is 14.5 Å². The Kier molecular flexibility index (Phi) is 7.22. The van der Waals surface area contributed by atoms with Crippen LogP contribution in [0.25, 0.3) is 5.69 Å². The molecule has 0 unspecified atom stereocenters. The van der Waals surface area contributed by atoms with Crippen molar-refractivity contribution in [2.75, 3.05) is 39.3 Å². The molecule has 1 aromatic heterocycles. The fourth-order valence-corrected chi connectivity index (χ4v) is 3.72. The Morgan fingerprint density at radius 3 is 2.65 bits per heavy atom. The van der Waals surface area contributed by atoms with E-state index in [4.69, 9.17) is 11.6 Å². The Hall–Kier alpha value is -2.59. The van der Waals surface area contributed by atoms with Crippen LogP contribution in [0.5, 0.6) is 0 Å². The van der Waals surface area contributed by atoms with Crippen LogP contribution in [0.3, 0.4) is 0 Å². The summed E-state index contributed by atoms with van der Waals surface area (Å²) in [5.41, 5.74) is -1.53. The highest BCUT2D eigenvalue weighted by Crippen LogP contribution is 2.34. The third-order valence-corrected chi connectivity index (χ3v) is 5.17. The SMILES string of the molecule is CCNC(=O)CN1CCCN(C(=O)c2cnn(-c3cccc(Cl)c3)c2C(F)(F)F)CC1. The van der Waals surface area contributed by atoms with E-state index in [2.05, 4.69) is 10.4 Å². The van der Waals surface area contributed by atoms with Crippen LogP contribution in [-0.2, 0) is 11.0 Å². The summed E-state index contributed by atoms with van der Waals surface area (Å²) in [6, 6.07) is 5.84. The first-order valence-corrected chi connectivity index (χ1v) is 10.3. The second-order valence-corrected chi connectivity index (χ2v) is 7.61. The lowest BCUT2D eigenvalue weighted by Crippen LogP contribution is -2.40. The largest absolute Gasteiger partial charge is 0.434 e. The highest BCUT2D eigenvalue weighted by molar-refractivity contribution is 6.30. The van der Waals surface area contributed by atoms with Crippen molar-refractivity contribution in [2.24, 2.45) is 0 Å². The van der Waals surface area contributed by atoms with Gasteiger partial charge in [-0.15, -0.1) is 0 Å². The normalized spacial score (nSPS) is 15.6. The monoisotopic (exact) mass is 457 g/mol. The van der Waals surface area contributed by atoms with Crippen LogP contribution in [0.15, 0.2) is 30.5 Å². The summed E-state index contributed by atoms with van der Waals surface area (Å²) in [6.07, 6.45) is -3.29. The van der Waals surface area contributed by atoms with Gasteiger partial charge in [-0.25, -0.2) is 4.68 Å². The maximum absolute atomic E-state index is 13.9. The van der Waals surface area contributed by atoms with Crippen LogP contribution in [0.2, 0.25) is 5.02 Å². The molecular formula is C20H23ClF3N5O2. The molecular weight excluding hydrogens is 435 g/mol. The Morgan fingerprint density at radius 2 is 1.97 bits per heavy atom. The minimum absolute atomic E-state index is 0.114. The Morgan fingerprint density at radius 1 is 1.19 bits per heavy atom. The van der Waals surface area contributed by atoms with Crippen molar-refractivity contribution in [3.8, 4) is 5.69 Å². The summed E-state index contributed by atoms with van der Waals surface area (Å²) in [4.78, 5) is 28.1. The third-order valence-electron chi connectivity index (χ3n) is 4.94. The summed E-state index contributed by atoms with van der Waals surface area (Å²) < 4.78 is 42.4. The Labute approximate surface area is 182 Å². The predicted molar refractivity (Wildman–Crippen MR) is 109 cm³/mol. The van der Waals surface area contributed by atoms with Gasteiger partial charge >= 0.3 is 6.18 Å². The van der Waals surface area contributed by atoms with Gasteiger partial charge in [0.2, 0.25) is 5.91 Å². The topological polar surface area (TPSA) is 70.5 Å². The average molecular weight is 458 g/mol. The van der Waals surface area contributed by atoms with Crippen LogP contribution in [0.1, 0.15) is 29.4 Å². The molecule has 1 aromatic carbocycles. The van der Waals surface area contributed by atoms with Crippen molar-refractivity contribution in [3.05, 3.63) is 46.7 Å². The van der Waals surface area contributed by atoms with Crippen LogP contribution >= 0.6 is 11.6 Å². The van der Waals surface area contributed by atoms with Crippen LogP contribution in [0.4, 0.5) is 13.2 Å². The summed E-state index contributed by atoms with van der Waals surface area (Å²) in [5.74, 6) is -0.857. The van der Waals surface area contributed by atoms with Gasteiger partial charge in [0.1, 0.15) is 0 Å². The van der Waals surface area contributed by atoms with E-state index >= 15 is 0 Å². The number of nitrogens with zero attached hydrogens (tertiary/aromatic N) is 4. The van der Waals surface area contributed by atoms with Crippen molar-refractivity contribution in [1.82, 2.24) is 24.9 Å². The molecule has 1 aliphatic heterocycles. The second kappa shape index (κ2) is 9.69. The number of benzene rings is 1. The van der Waals surface area contributed by atoms with E-state index in [1.165, 1.54) is 29.2 Å². The number of rotatable bonds is 5. The third kappa shape index (κ3) is 5.56. The molecule has 2 heterocycles. The lowest BCUT2D eigenvalue weighted by Gasteiger charge is -2.22. The molecule has 1 fully saturated rings. The zero-order chi connectivity index (χ0) is 22.6. The Balaban J connectivity index is 1.82. The molecule has 1 N–H and O–H groups in total. The molecule has 3 rings (SSSR count). The minimum Gasteiger partial charge on any atom is -0.355 e. The average Bonchev–Trinajstić information content (AvgIpc) is 3.03. The van der Waals surface area contributed by atoms with Gasteiger partial charge < -0.3 is 10.2 Å². The van der Waals surface area contributed by atoms with Gasteiger partial charge in [-0.1, -0.05) is 17.7 Å². The fraction of sp³-hybridized carbons (Fsp3) is 0.450. The number of likely N-dealkylation sites (N-methyl/N-ethyl adjacent to an activating group) is 1. The lowest BCUT2D eigenvalue weighted by molar-refractivity contribution is -0.143. The highest BCUT2D eigenvalue weighted by atomic mass is 35.5. The van der Waals surface area contributed by atoms with E-state index < -0.39 is 23.3 Å². The molecule has 0 aliphatic carbocycles. The number of carbonyl (C=O) groups excluding carboxylic acids is 2. The van der Waals surface area contributed by atoms with Crippen molar-refractivity contribution < 1.29 is 22.8 Å². The molecule has 2 aromatic rings. The van der Waals surface area contributed by atoms with E-state index in [1.807, 2.05) is 11.8 Å². The number of hydrogen-bond donors (Lipinski definition) is 1. The number of carbonyl (C=O) groups is 2. The maximum Gasteiger partial charge on any atom is 0.434 e. The van der Waals surface area contributed by atoms with Crippen molar-refractivity contribution in [3.63, 3.8) is 0 Å². The molecule has 1 aliphatic rings. The molecule has 0 bridgehead atoms. The molecule has 2 amide bonds. The first-order valence-electron chi connectivity index (χ1n) is 9.90. The van der Waals surface area contributed by atoms with Gasteiger partial charge in [0, 0.05) is 37.7 Å². The van der Waals surface area contributed by atoms with Gasteiger partial charge in [0.15, 0.2) is 5.69 Å². The van der Waals surface area contributed by atoms with Crippen molar-refractivity contribution in [2.45, 2.75) is 19.5 Å². The van der Waals surface area contributed by atoms with E-state index in [9.17, 15) is 22.8 Å². The zero-order valence-electron chi connectivity index (χ0n) is 17.0. The van der Waals surface area contributed by atoms with Crippen LogP contribution in [0, 0.1) is 0 Å². The summed E-state index contributed by atoms with van der Waals surface area (Å²) in [5, 5.41) is 6.81. The number of nitrogens with one attached hydrogen (secondary N) is 1. The standard InChI is InChI=1S/C20H23ClF3N5O2/c1-2-25-17(30)13-27-7-4-8-28(10-9-27)19(31)16-12-26-29(18(16)20(22,23)24)15-6-3-5-14(21)11-15/h3,5-6,11-12H,2,4,7-10,13H2,1H3,(H,25,30). The maximum atomic E-state index is 13.9. The smallest absolute Gasteiger partial charge is 0.355 e. The molecule has 0 spiro atoms. The highest BCUT2D eigenvalue weighted by Gasteiger charge is 2.41. The molecule has 0 saturated carbocycles. The van der Waals surface area contributed by atoms with Gasteiger partial charge in [0.25, 0.3) is 5.91 Å². The molecule has 31 heavy (non-hydrogen) atoms. The van der Waals surface area contributed by atoms with E-state index in [0.717, 1.165) is 6.20 Å². The second-order valence-electron chi connectivity index (χ2n) is 7.17. The van der Waals surface area contributed by atoms with Gasteiger partial charge in [-0.05, 0) is 31.5 Å². The Bertz CT molecular complexity index is 947. The van der Waals surface area contributed by atoms with E-state index in [1.54, 1.807) is 0 Å². The number of hydrogen-bond acceptors (Lipinski definition) is 4. The molecule has 0 radical (unpaired) electrons. The van der Waals surface area contributed by atoms with Crippen LogP contribution < -0.4 is 5.32 Å². The van der Waals surface area contributed by atoms with E-state index in [0.29, 0.717) is 37.3 Å². The fourth-order valence-electron chi connectivity index (χ4n) is 3.54. The minimum atomic E-state index is -4.79. The van der Waals surface area contributed by atoms with Gasteiger partial charge in [0.05, 0.1) is 24.0 Å². The van der Waals surface area contributed by atoms with Gasteiger partial charge in [-0.2, -0.15) is 18.3 Å². The zero-order valence-corrected chi connectivity index (χ0v) is 17.7. The quantitative estimate of drug-likeness (QED) is 0.749. The molecule has 1 saturated heterocycles. The molecule has 7 nitrogen and oxygen atoms in total. The first-order chi connectivity index (χ1) is 14.7. The van der Waals surface area contributed by atoms with Crippen molar-refractivity contribution in [1.29, 1.82) is 0 Å². The number of alkyl halides is 3. The van der Waals surface area contributed by atoms with Crippen LogP contribution in [-0.4, -0.2) is 70.7 Å². The lowest BCUT2D eigenvalue weighted by atomic mass is 10.2. The van der Waals surface area contributed by atoms with E-state index in [-0.39, 0.29) is 29.7 Å².